The predicted molar refractivity (Wildman–Crippen MR) is 45.0 cm³/mol. The van der Waals surface area contributed by atoms with E-state index >= 15 is 0 Å². The number of aliphatic imine (C=N–C) groups is 1. The third-order valence-corrected chi connectivity index (χ3v) is 2.84. The van der Waals surface area contributed by atoms with Gasteiger partial charge < -0.3 is 5.11 Å². The van der Waals surface area contributed by atoms with E-state index in [9.17, 15) is 5.11 Å². The van der Waals surface area contributed by atoms with E-state index in [1.165, 1.54) is 12.8 Å². The lowest BCUT2D eigenvalue weighted by Gasteiger charge is -2.21. The molecule has 62 valence electrons. The average Bonchev–Trinajstić information content (AvgIpc) is 2.55. The molecule has 0 spiro atoms. The average molecular weight is 153 g/mol. The molecule has 0 unspecified atom stereocenters. The van der Waals surface area contributed by atoms with Gasteiger partial charge in [0.15, 0.2) is 0 Å². The highest BCUT2D eigenvalue weighted by Gasteiger charge is 2.36. The molecule has 2 nitrogen and oxygen atoms in total. The van der Waals surface area contributed by atoms with Gasteiger partial charge in [0.05, 0.1) is 0 Å². The van der Waals surface area contributed by atoms with E-state index in [2.05, 4.69) is 4.99 Å². The van der Waals surface area contributed by atoms with Crippen molar-refractivity contribution in [2.75, 3.05) is 6.54 Å². The van der Waals surface area contributed by atoms with Crippen molar-refractivity contribution >= 4 is 5.71 Å². The second-order valence-corrected chi connectivity index (χ2v) is 3.67. The molecule has 0 aromatic heterocycles. The summed E-state index contributed by atoms with van der Waals surface area (Å²) in [6.45, 7) is 0.942. The van der Waals surface area contributed by atoms with Crippen LogP contribution < -0.4 is 0 Å². The number of aliphatic hydroxyl groups is 1. The first-order chi connectivity index (χ1) is 5.31. The number of rotatable bonds is 1. The minimum absolute atomic E-state index is 0.476. The van der Waals surface area contributed by atoms with Gasteiger partial charge >= 0.3 is 0 Å². The van der Waals surface area contributed by atoms with Crippen molar-refractivity contribution < 1.29 is 5.11 Å². The number of nitrogens with zero attached hydrogens (tertiary/aromatic N) is 1. The van der Waals surface area contributed by atoms with E-state index in [0.717, 1.165) is 37.9 Å². The Morgan fingerprint density at radius 1 is 1.18 bits per heavy atom. The van der Waals surface area contributed by atoms with Crippen molar-refractivity contribution in [1.29, 1.82) is 0 Å². The Bertz CT molecular complexity index is 180. The summed E-state index contributed by atoms with van der Waals surface area (Å²) in [5.41, 5.74) is 0.617. The normalized spacial score (nSPS) is 29.0. The van der Waals surface area contributed by atoms with Crippen LogP contribution in [-0.4, -0.2) is 23.0 Å². The topological polar surface area (TPSA) is 32.6 Å². The molecule has 1 saturated carbocycles. The van der Waals surface area contributed by atoms with Crippen LogP contribution >= 0.6 is 0 Å². The van der Waals surface area contributed by atoms with Crippen LogP contribution in [0.2, 0.25) is 0 Å². The van der Waals surface area contributed by atoms with Gasteiger partial charge in [0.2, 0.25) is 0 Å². The third kappa shape index (κ3) is 1.20. The van der Waals surface area contributed by atoms with Crippen LogP contribution in [0, 0.1) is 0 Å². The SMILES string of the molecule is OC1(C2=NCCC2)CCCC1. The molecule has 0 atom stereocenters. The third-order valence-electron chi connectivity index (χ3n) is 2.84. The maximum Gasteiger partial charge on any atom is 0.102 e. The monoisotopic (exact) mass is 153 g/mol. The molecule has 2 rings (SSSR count). The number of hydrogen-bond acceptors (Lipinski definition) is 2. The number of hydrogen-bond donors (Lipinski definition) is 1. The Kier molecular flexibility index (Phi) is 1.72. The summed E-state index contributed by atoms with van der Waals surface area (Å²) in [7, 11) is 0. The molecule has 2 heteroatoms. The highest BCUT2D eigenvalue weighted by Crippen LogP contribution is 2.33. The molecule has 1 N–H and O–H groups in total. The van der Waals surface area contributed by atoms with Gasteiger partial charge in [-0.3, -0.25) is 4.99 Å². The van der Waals surface area contributed by atoms with Crippen molar-refractivity contribution in [1.82, 2.24) is 0 Å². The highest BCUT2D eigenvalue weighted by molar-refractivity contribution is 5.93. The molecule has 0 aromatic carbocycles. The Morgan fingerprint density at radius 3 is 2.45 bits per heavy atom. The standard InChI is InChI=1S/C9H15NO/c11-9(5-1-2-6-9)8-4-3-7-10-8/h11H,1-7H2. The Labute approximate surface area is 67.3 Å². The summed E-state index contributed by atoms with van der Waals surface area (Å²) in [5, 5.41) is 10.1. The van der Waals surface area contributed by atoms with Crippen LogP contribution in [0.3, 0.4) is 0 Å². The fourth-order valence-electron chi connectivity index (χ4n) is 2.17. The predicted octanol–water partition coefficient (Wildman–Crippen LogP) is 1.53. The van der Waals surface area contributed by atoms with Gasteiger partial charge in [-0.25, -0.2) is 0 Å². The summed E-state index contributed by atoms with van der Waals surface area (Å²) in [6.07, 6.45) is 6.44. The molecule has 1 heterocycles. The maximum atomic E-state index is 10.1. The zero-order chi connectivity index (χ0) is 7.73. The first-order valence-corrected chi connectivity index (χ1v) is 4.57. The molecule has 2 aliphatic rings. The van der Waals surface area contributed by atoms with Gasteiger partial charge in [-0.2, -0.15) is 0 Å². The zero-order valence-electron chi connectivity index (χ0n) is 6.84. The van der Waals surface area contributed by atoms with E-state index in [0.29, 0.717) is 0 Å². The minimum Gasteiger partial charge on any atom is -0.384 e. The zero-order valence-corrected chi connectivity index (χ0v) is 6.84. The van der Waals surface area contributed by atoms with E-state index in [-0.39, 0.29) is 0 Å². The van der Waals surface area contributed by atoms with E-state index in [1.807, 2.05) is 0 Å². The first kappa shape index (κ1) is 7.29. The van der Waals surface area contributed by atoms with Crippen molar-refractivity contribution in [3.63, 3.8) is 0 Å². The summed E-state index contributed by atoms with van der Waals surface area (Å²) < 4.78 is 0. The van der Waals surface area contributed by atoms with E-state index < -0.39 is 5.60 Å². The molecular weight excluding hydrogens is 138 g/mol. The molecule has 11 heavy (non-hydrogen) atoms. The summed E-state index contributed by atoms with van der Waals surface area (Å²) in [4.78, 5) is 4.36. The van der Waals surface area contributed by atoms with Crippen LogP contribution in [-0.2, 0) is 0 Å². The van der Waals surface area contributed by atoms with Crippen LogP contribution in [0.15, 0.2) is 4.99 Å². The molecule has 0 radical (unpaired) electrons. The minimum atomic E-state index is -0.476. The first-order valence-electron chi connectivity index (χ1n) is 4.57. The fraction of sp³-hybridized carbons (Fsp3) is 0.889. The Morgan fingerprint density at radius 2 is 1.91 bits per heavy atom. The van der Waals surface area contributed by atoms with Gasteiger partial charge in [-0.1, -0.05) is 12.8 Å². The summed E-state index contributed by atoms with van der Waals surface area (Å²) in [6, 6.07) is 0. The van der Waals surface area contributed by atoms with Crippen molar-refractivity contribution in [2.45, 2.75) is 44.1 Å². The lowest BCUT2D eigenvalue weighted by Crippen LogP contribution is -2.33. The Balaban J connectivity index is 2.12. The van der Waals surface area contributed by atoms with Crippen molar-refractivity contribution in [3.05, 3.63) is 0 Å². The van der Waals surface area contributed by atoms with Crippen molar-refractivity contribution in [3.8, 4) is 0 Å². The van der Waals surface area contributed by atoms with Gasteiger partial charge in [-0.05, 0) is 25.7 Å². The molecule has 0 saturated heterocycles. The molecule has 1 fully saturated rings. The lowest BCUT2D eigenvalue weighted by atomic mass is 9.94. The summed E-state index contributed by atoms with van der Waals surface area (Å²) >= 11 is 0. The molecule has 1 aliphatic carbocycles. The van der Waals surface area contributed by atoms with E-state index in [4.69, 9.17) is 0 Å². The van der Waals surface area contributed by atoms with Crippen molar-refractivity contribution in [2.24, 2.45) is 4.99 Å². The highest BCUT2D eigenvalue weighted by atomic mass is 16.3. The van der Waals surface area contributed by atoms with Gasteiger partial charge in [0.25, 0.3) is 0 Å². The second kappa shape index (κ2) is 2.59. The maximum absolute atomic E-state index is 10.1. The lowest BCUT2D eigenvalue weighted by molar-refractivity contribution is 0.119. The molecular formula is C9H15NO. The van der Waals surface area contributed by atoms with E-state index in [1.54, 1.807) is 0 Å². The quantitative estimate of drug-likeness (QED) is 0.608. The van der Waals surface area contributed by atoms with Crippen LogP contribution in [0.1, 0.15) is 38.5 Å². The molecule has 0 aromatic rings. The Hall–Kier alpha value is -0.370. The fourth-order valence-corrected chi connectivity index (χ4v) is 2.17. The van der Waals surface area contributed by atoms with Gasteiger partial charge in [0.1, 0.15) is 5.60 Å². The van der Waals surface area contributed by atoms with Gasteiger partial charge in [0, 0.05) is 12.3 Å². The molecule has 1 aliphatic heterocycles. The second-order valence-electron chi connectivity index (χ2n) is 3.67. The van der Waals surface area contributed by atoms with Crippen LogP contribution in [0.4, 0.5) is 0 Å². The molecule has 0 amide bonds. The summed E-state index contributed by atoms with van der Waals surface area (Å²) in [5.74, 6) is 0. The van der Waals surface area contributed by atoms with Crippen LogP contribution in [0.25, 0.3) is 0 Å². The largest absolute Gasteiger partial charge is 0.384 e. The van der Waals surface area contributed by atoms with Crippen LogP contribution in [0.5, 0.6) is 0 Å². The van der Waals surface area contributed by atoms with Gasteiger partial charge in [-0.15, -0.1) is 0 Å². The smallest absolute Gasteiger partial charge is 0.102 e. The molecule has 0 bridgehead atoms.